The maximum absolute atomic E-state index is 12.1. The summed E-state index contributed by atoms with van der Waals surface area (Å²) in [4.78, 5) is 22.0. The van der Waals surface area contributed by atoms with Crippen molar-refractivity contribution in [2.24, 2.45) is 5.73 Å². The highest BCUT2D eigenvalue weighted by atomic mass is 32.1. The Morgan fingerprint density at radius 3 is 2.79 bits per heavy atom. The van der Waals surface area contributed by atoms with Gasteiger partial charge in [-0.2, -0.15) is 0 Å². The minimum atomic E-state index is -0.0648. The van der Waals surface area contributed by atoms with Crippen molar-refractivity contribution in [2.45, 2.75) is 13.0 Å². The Bertz CT molecular complexity index is 541. The van der Waals surface area contributed by atoms with Crippen molar-refractivity contribution in [2.75, 3.05) is 13.6 Å². The Morgan fingerprint density at radius 1 is 1.42 bits per heavy atom. The Balaban J connectivity index is 1.92. The van der Waals surface area contributed by atoms with Crippen LogP contribution in [-0.4, -0.2) is 34.4 Å². The molecular formula is C13H16N4OS. The molecule has 2 heterocycles. The number of hydrogen-bond donors (Lipinski definition) is 1. The third-order valence-corrected chi connectivity index (χ3v) is 3.65. The van der Waals surface area contributed by atoms with Crippen LogP contribution in [0.5, 0.6) is 0 Å². The normalized spacial score (nSPS) is 10.4. The average molecular weight is 276 g/mol. The molecule has 19 heavy (non-hydrogen) atoms. The van der Waals surface area contributed by atoms with Crippen LogP contribution in [0.1, 0.15) is 21.1 Å². The van der Waals surface area contributed by atoms with Crippen molar-refractivity contribution in [3.05, 3.63) is 46.2 Å². The molecule has 1 amide bonds. The van der Waals surface area contributed by atoms with Gasteiger partial charge in [-0.1, -0.05) is 0 Å². The number of nitrogens with zero attached hydrogens (tertiary/aromatic N) is 3. The number of carbonyl (C=O) groups is 1. The van der Waals surface area contributed by atoms with Gasteiger partial charge in [0.2, 0.25) is 0 Å². The molecule has 0 spiro atoms. The van der Waals surface area contributed by atoms with Crippen LogP contribution in [-0.2, 0) is 13.0 Å². The van der Waals surface area contributed by atoms with Crippen molar-refractivity contribution in [3.63, 3.8) is 0 Å². The minimum Gasteiger partial charge on any atom is -0.340 e. The van der Waals surface area contributed by atoms with Gasteiger partial charge in [0.25, 0.3) is 5.91 Å². The quantitative estimate of drug-likeness (QED) is 0.893. The number of thiazole rings is 1. The van der Waals surface area contributed by atoms with Crippen molar-refractivity contribution in [3.8, 4) is 0 Å². The lowest BCUT2D eigenvalue weighted by molar-refractivity contribution is 0.0791. The Kier molecular flexibility index (Phi) is 4.59. The minimum absolute atomic E-state index is 0.0648. The summed E-state index contributed by atoms with van der Waals surface area (Å²) in [6.45, 7) is 1.02. The molecule has 0 saturated heterocycles. The lowest BCUT2D eigenvalue weighted by atomic mass is 10.2. The number of carbonyl (C=O) groups excluding carboxylic acids is 1. The second kappa shape index (κ2) is 6.40. The van der Waals surface area contributed by atoms with Gasteiger partial charge in [0, 0.05) is 37.9 Å². The maximum Gasteiger partial charge on any atom is 0.273 e. The van der Waals surface area contributed by atoms with Gasteiger partial charge in [0.05, 0.1) is 0 Å². The van der Waals surface area contributed by atoms with Crippen LogP contribution in [0.15, 0.2) is 29.9 Å². The Hall–Kier alpha value is -1.79. The van der Waals surface area contributed by atoms with E-state index in [0.29, 0.717) is 18.8 Å². The Morgan fingerprint density at radius 2 is 2.16 bits per heavy atom. The molecule has 0 aromatic carbocycles. The first kappa shape index (κ1) is 13.6. The van der Waals surface area contributed by atoms with Gasteiger partial charge in [-0.25, -0.2) is 4.98 Å². The number of likely N-dealkylation sites (N-methyl/N-ethyl adjacent to an activating group) is 1. The van der Waals surface area contributed by atoms with Crippen LogP contribution in [0.25, 0.3) is 0 Å². The summed E-state index contributed by atoms with van der Waals surface area (Å²) in [7, 11) is 1.78. The lowest BCUT2D eigenvalue weighted by Crippen LogP contribution is -2.29. The topological polar surface area (TPSA) is 72.1 Å². The van der Waals surface area contributed by atoms with Gasteiger partial charge in [-0.15, -0.1) is 11.3 Å². The van der Waals surface area contributed by atoms with Crippen LogP contribution >= 0.6 is 11.3 Å². The van der Waals surface area contributed by atoms with Crippen molar-refractivity contribution >= 4 is 17.2 Å². The number of pyridine rings is 1. The zero-order chi connectivity index (χ0) is 13.7. The van der Waals surface area contributed by atoms with E-state index in [1.165, 1.54) is 11.3 Å². The monoisotopic (exact) mass is 276 g/mol. The molecular weight excluding hydrogens is 260 g/mol. The van der Waals surface area contributed by atoms with Gasteiger partial charge in [-0.3, -0.25) is 9.78 Å². The summed E-state index contributed by atoms with van der Waals surface area (Å²) in [5.74, 6) is -0.0648. The van der Waals surface area contributed by atoms with Crippen molar-refractivity contribution < 1.29 is 4.79 Å². The average Bonchev–Trinajstić information content (AvgIpc) is 2.94. The van der Waals surface area contributed by atoms with E-state index in [2.05, 4.69) is 9.97 Å². The number of nitrogens with two attached hydrogens (primary N) is 1. The molecule has 0 atom stereocenters. The molecule has 0 unspecified atom stereocenters. The number of rotatable bonds is 5. The zero-order valence-corrected chi connectivity index (χ0v) is 11.6. The molecule has 0 fully saturated rings. The van der Waals surface area contributed by atoms with E-state index < -0.39 is 0 Å². The van der Waals surface area contributed by atoms with Crippen LogP contribution in [0.2, 0.25) is 0 Å². The zero-order valence-electron chi connectivity index (χ0n) is 10.7. The molecule has 5 nitrogen and oxygen atoms in total. The predicted octanol–water partition coefficient (Wildman–Crippen LogP) is 1.31. The molecule has 0 bridgehead atoms. The van der Waals surface area contributed by atoms with Crippen LogP contribution in [0, 0.1) is 0 Å². The number of hydrogen-bond acceptors (Lipinski definition) is 5. The summed E-state index contributed by atoms with van der Waals surface area (Å²) in [6, 6.07) is 3.90. The fourth-order valence-corrected chi connectivity index (χ4v) is 2.29. The first-order valence-electron chi connectivity index (χ1n) is 5.99. The standard InChI is InChI=1S/C13H16N4OS/c1-17(7-4-10-2-5-15-6-3-10)13(18)11-9-19-12(8-14)16-11/h2-3,5-6,9H,4,7-8,14H2,1H3. The largest absolute Gasteiger partial charge is 0.340 e. The van der Waals surface area contributed by atoms with Crippen LogP contribution in [0.4, 0.5) is 0 Å². The summed E-state index contributed by atoms with van der Waals surface area (Å²) in [5.41, 5.74) is 7.13. The molecule has 2 aromatic rings. The first-order valence-corrected chi connectivity index (χ1v) is 6.87. The highest BCUT2D eigenvalue weighted by molar-refractivity contribution is 7.09. The maximum atomic E-state index is 12.1. The van der Waals surface area contributed by atoms with Crippen molar-refractivity contribution in [1.29, 1.82) is 0 Å². The number of aromatic nitrogens is 2. The summed E-state index contributed by atoms with van der Waals surface area (Å²) in [5, 5.41) is 2.54. The Labute approximate surface area is 116 Å². The van der Waals surface area contributed by atoms with Crippen LogP contribution < -0.4 is 5.73 Å². The summed E-state index contributed by atoms with van der Waals surface area (Å²) >= 11 is 1.42. The third kappa shape index (κ3) is 3.59. The second-order valence-corrected chi connectivity index (χ2v) is 5.11. The second-order valence-electron chi connectivity index (χ2n) is 4.16. The fraction of sp³-hybridized carbons (Fsp3) is 0.308. The smallest absolute Gasteiger partial charge is 0.273 e. The van der Waals surface area contributed by atoms with Gasteiger partial charge in [0.1, 0.15) is 10.7 Å². The van der Waals surface area contributed by atoms with E-state index in [-0.39, 0.29) is 5.91 Å². The molecule has 100 valence electrons. The lowest BCUT2D eigenvalue weighted by Gasteiger charge is -2.15. The molecule has 2 rings (SSSR count). The molecule has 2 N–H and O–H groups in total. The molecule has 0 saturated carbocycles. The van der Waals surface area contributed by atoms with Gasteiger partial charge in [0.15, 0.2) is 0 Å². The third-order valence-electron chi connectivity index (χ3n) is 2.78. The van der Waals surface area contributed by atoms with Crippen LogP contribution in [0.3, 0.4) is 0 Å². The van der Waals surface area contributed by atoms with Crippen molar-refractivity contribution in [1.82, 2.24) is 14.9 Å². The first-order chi connectivity index (χ1) is 9.20. The van der Waals surface area contributed by atoms with Gasteiger partial charge in [-0.05, 0) is 24.1 Å². The molecule has 0 radical (unpaired) electrons. The molecule has 0 aliphatic rings. The van der Waals surface area contributed by atoms with E-state index in [1.807, 2.05) is 12.1 Å². The van der Waals surface area contributed by atoms with E-state index in [9.17, 15) is 4.79 Å². The van der Waals surface area contributed by atoms with Gasteiger partial charge < -0.3 is 10.6 Å². The number of amides is 1. The predicted molar refractivity (Wildman–Crippen MR) is 74.9 cm³/mol. The van der Waals surface area contributed by atoms with E-state index in [0.717, 1.165) is 17.0 Å². The van der Waals surface area contributed by atoms with E-state index in [1.54, 1.807) is 29.7 Å². The highest BCUT2D eigenvalue weighted by Gasteiger charge is 2.14. The molecule has 0 aliphatic carbocycles. The molecule has 6 heteroatoms. The van der Waals surface area contributed by atoms with Gasteiger partial charge >= 0.3 is 0 Å². The highest BCUT2D eigenvalue weighted by Crippen LogP contribution is 2.11. The molecule has 2 aromatic heterocycles. The summed E-state index contributed by atoms with van der Waals surface area (Å²) in [6.07, 6.45) is 4.31. The fourth-order valence-electron chi connectivity index (χ4n) is 1.65. The SMILES string of the molecule is CN(CCc1ccncc1)C(=O)c1csc(CN)n1. The van der Waals surface area contributed by atoms with E-state index in [4.69, 9.17) is 5.73 Å². The van der Waals surface area contributed by atoms with E-state index >= 15 is 0 Å². The molecule has 0 aliphatic heterocycles. The summed E-state index contributed by atoms with van der Waals surface area (Å²) < 4.78 is 0.